The number of nitrogens with two attached hydrogens (primary N) is 1. The van der Waals surface area contributed by atoms with Crippen LogP contribution >= 0.6 is 0 Å². The van der Waals surface area contributed by atoms with Crippen molar-refractivity contribution in [2.45, 2.75) is 37.9 Å². The normalized spacial score (nSPS) is 17.6. The lowest BCUT2D eigenvalue weighted by atomic mass is 10.2. The van der Waals surface area contributed by atoms with Crippen LogP contribution in [0.2, 0.25) is 0 Å². The molecule has 4 heteroatoms. The van der Waals surface area contributed by atoms with Gasteiger partial charge in [-0.3, -0.25) is 4.90 Å². The summed E-state index contributed by atoms with van der Waals surface area (Å²) in [6, 6.07) is 4.85. The van der Waals surface area contributed by atoms with Crippen LogP contribution in [0.3, 0.4) is 0 Å². The lowest BCUT2D eigenvalue weighted by Crippen LogP contribution is -2.39. The van der Waals surface area contributed by atoms with Crippen LogP contribution < -0.4 is 5.73 Å². The van der Waals surface area contributed by atoms with Gasteiger partial charge in [-0.05, 0) is 31.4 Å². The predicted molar refractivity (Wildman–Crippen MR) is 66.6 cm³/mol. The van der Waals surface area contributed by atoms with Gasteiger partial charge in [-0.2, -0.15) is 0 Å². The standard InChI is InChI=1S/C13H22N2O2/c1-16-8-6-11(14)9-15(12-4-5-12)10-13-3-2-7-17-13/h2-3,7,11-12H,4-6,8-10,14H2,1H3. The summed E-state index contributed by atoms with van der Waals surface area (Å²) in [6.07, 6.45) is 5.22. The minimum atomic E-state index is 0.186. The molecule has 0 amide bonds. The first-order chi connectivity index (χ1) is 8.29. The van der Waals surface area contributed by atoms with Gasteiger partial charge in [-0.25, -0.2) is 0 Å². The average molecular weight is 238 g/mol. The molecule has 0 aliphatic heterocycles. The summed E-state index contributed by atoms with van der Waals surface area (Å²) in [5.41, 5.74) is 6.10. The third-order valence-electron chi connectivity index (χ3n) is 3.16. The highest BCUT2D eigenvalue weighted by Crippen LogP contribution is 2.28. The maximum atomic E-state index is 6.10. The summed E-state index contributed by atoms with van der Waals surface area (Å²) in [5, 5.41) is 0. The molecule has 0 bridgehead atoms. The van der Waals surface area contributed by atoms with E-state index in [1.165, 1.54) is 12.8 Å². The molecule has 1 aliphatic carbocycles. The Morgan fingerprint density at radius 2 is 2.41 bits per heavy atom. The molecule has 0 spiro atoms. The highest BCUT2D eigenvalue weighted by Gasteiger charge is 2.30. The van der Waals surface area contributed by atoms with Crippen LogP contribution in [0, 0.1) is 0 Å². The SMILES string of the molecule is COCCC(N)CN(Cc1ccco1)C1CC1. The van der Waals surface area contributed by atoms with Crippen molar-refractivity contribution in [1.82, 2.24) is 4.90 Å². The second kappa shape index (κ2) is 6.19. The second-order valence-corrected chi connectivity index (χ2v) is 4.78. The quantitative estimate of drug-likeness (QED) is 0.747. The minimum absolute atomic E-state index is 0.186. The minimum Gasteiger partial charge on any atom is -0.468 e. The molecular formula is C13H22N2O2. The van der Waals surface area contributed by atoms with E-state index in [0.717, 1.165) is 31.9 Å². The van der Waals surface area contributed by atoms with Crippen LogP contribution in [0.1, 0.15) is 25.0 Å². The van der Waals surface area contributed by atoms with Gasteiger partial charge in [0.1, 0.15) is 5.76 Å². The third-order valence-corrected chi connectivity index (χ3v) is 3.16. The van der Waals surface area contributed by atoms with Crippen molar-refractivity contribution < 1.29 is 9.15 Å². The van der Waals surface area contributed by atoms with E-state index in [1.807, 2.05) is 12.1 Å². The number of hydrogen-bond donors (Lipinski definition) is 1. The van der Waals surface area contributed by atoms with Crippen LogP contribution in [-0.4, -0.2) is 37.2 Å². The fourth-order valence-electron chi connectivity index (χ4n) is 2.05. The van der Waals surface area contributed by atoms with E-state index >= 15 is 0 Å². The Morgan fingerprint density at radius 1 is 1.59 bits per heavy atom. The smallest absolute Gasteiger partial charge is 0.117 e. The maximum absolute atomic E-state index is 6.10. The van der Waals surface area contributed by atoms with Crippen molar-refractivity contribution in [2.75, 3.05) is 20.3 Å². The zero-order valence-corrected chi connectivity index (χ0v) is 10.5. The molecule has 1 atom stereocenters. The van der Waals surface area contributed by atoms with E-state index in [9.17, 15) is 0 Å². The van der Waals surface area contributed by atoms with Crippen LogP contribution in [0.25, 0.3) is 0 Å². The monoisotopic (exact) mass is 238 g/mol. The Hall–Kier alpha value is -0.840. The van der Waals surface area contributed by atoms with E-state index in [1.54, 1.807) is 13.4 Å². The van der Waals surface area contributed by atoms with Crippen molar-refractivity contribution in [3.8, 4) is 0 Å². The van der Waals surface area contributed by atoms with Gasteiger partial charge in [-0.1, -0.05) is 0 Å². The molecule has 0 radical (unpaired) electrons. The van der Waals surface area contributed by atoms with E-state index < -0.39 is 0 Å². The topological polar surface area (TPSA) is 51.6 Å². The molecule has 1 aromatic rings. The van der Waals surface area contributed by atoms with Crippen LogP contribution in [0.15, 0.2) is 22.8 Å². The van der Waals surface area contributed by atoms with Gasteiger partial charge < -0.3 is 14.9 Å². The Morgan fingerprint density at radius 3 is 3.00 bits per heavy atom. The average Bonchev–Trinajstić information content (AvgIpc) is 3.05. The fraction of sp³-hybridized carbons (Fsp3) is 0.692. The van der Waals surface area contributed by atoms with Crippen molar-refractivity contribution in [3.05, 3.63) is 24.2 Å². The molecule has 1 unspecified atom stereocenters. The highest BCUT2D eigenvalue weighted by molar-refractivity contribution is 5.00. The molecule has 1 aromatic heterocycles. The van der Waals surface area contributed by atoms with Crippen LogP contribution in [0.4, 0.5) is 0 Å². The molecular weight excluding hydrogens is 216 g/mol. The molecule has 2 rings (SSSR count). The Bertz CT molecular complexity index is 309. The van der Waals surface area contributed by atoms with E-state index in [0.29, 0.717) is 6.04 Å². The summed E-state index contributed by atoms with van der Waals surface area (Å²) < 4.78 is 10.5. The third kappa shape index (κ3) is 4.15. The lowest BCUT2D eigenvalue weighted by Gasteiger charge is -2.24. The molecule has 1 aliphatic rings. The van der Waals surface area contributed by atoms with Gasteiger partial charge in [0.05, 0.1) is 12.8 Å². The zero-order valence-electron chi connectivity index (χ0n) is 10.5. The number of hydrogen-bond acceptors (Lipinski definition) is 4. The number of ether oxygens (including phenoxy) is 1. The van der Waals surface area contributed by atoms with Gasteiger partial charge in [0.15, 0.2) is 0 Å². The Kier molecular flexibility index (Phi) is 4.59. The van der Waals surface area contributed by atoms with Gasteiger partial charge in [-0.15, -0.1) is 0 Å². The predicted octanol–water partition coefficient (Wildman–Crippen LogP) is 1.61. The van der Waals surface area contributed by atoms with Crippen LogP contribution in [0.5, 0.6) is 0 Å². The van der Waals surface area contributed by atoms with Gasteiger partial charge in [0, 0.05) is 32.3 Å². The van der Waals surface area contributed by atoms with E-state index in [4.69, 9.17) is 14.9 Å². The first kappa shape index (κ1) is 12.6. The first-order valence-corrected chi connectivity index (χ1v) is 6.30. The molecule has 1 saturated carbocycles. The van der Waals surface area contributed by atoms with Crippen molar-refractivity contribution in [3.63, 3.8) is 0 Å². The zero-order chi connectivity index (χ0) is 12.1. The summed E-state index contributed by atoms with van der Waals surface area (Å²) in [4.78, 5) is 2.43. The lowest BCUT2D eigenvalue weighted by molar-refractivity contribution is 0.167. The maximum Gasteiger partial charge on any atom is 0.117 e. The molecule has 17 heavy (non-hydrogen) atoms. The largest absolute Gasteiger partial charge is 0.468 e. The molecule has 4 nitrogen and oxygen atoms in total. The molecule has 1 fully saturated rings. The van der Waals surface area contributed by atoms with E-state index in [2.05, 4.69) is 4.90 Å². The van der Waals surface area contributed by atoms with E-state index in [-0.39, 0.29) is 6.04 Å². The van der Waals surface area contributed by atoms with Gasteiger partial charge in [0.2, 0.25) is 0 Å². The molecule has 2 N–H and O–H groups in total. The molecule has 96 valence electrons. The summed E-state index contributed by atoms with van der Waals surface area (Å²) in [5.74, 6) is 1.02. The summed E-state index contributed by atoms with van der Waals surface area (Å²) >= 11 is 0. The number of nitrogens with zero attached hydrogens (tertiary/aromatic N) is 1. The van der Waals surface area contributed by atoms with Crippen molar-refractivity contribution >= 4 is 0 Å². The number of rotatable bonds is 8. The second-order valence-electron chi connectivity index (χ2n) is 4.78. The molecule has 0 aromatic carbocycles. The molecule has 1 heterocycles. The molecule has 0 saturated heterocycles. The Balaban J connectivity index is 1.80. The summed E-state index contributed by atoms with van der Waals surface area (Å²) in [7, 11) is 1.72. The van der Waals surface area contributed by atoms with Gasteiger partial charge >= 0.3 is 0 Å². The van der Waals surface area contributed by atoms with Crippen molar-refractivity contribution in [1.29, 1.82) is 0 Å². The Labute approximate surface area is 103 Å². The highest BCUT2D eigenvalue weighted by atomic mass is 16.5. The first-order valence-electron chi connectivity index (χ1n) is 6.30. The van der Waals surface area contributed by atoms with Gasteiger partial charge in [0.25, 0.3) is 0 Å². The van der Waals surface area contributed by atoms with Crippen LogP contribution in [-0.2, 0) is 11.3 Å². The van der Waals surface area contributed by atoms with Crippen molar-refractivity contribution in [2.24, 2.45) is 5.73 Å². The number of methoxy groups -OCH3 is 1. The summed E-state index contributed by atoms with van der Waals surface area (Å²) in [6.45, 7) is 2.54. The fourth-order valence-corrected chi connectivity index (χ4v) is 2.05. The number of furan rings is 1.